The van der Waals surface area contributed by atoms with E-state index in [2.05, 4.69) is 16.0 Å². The molecule has 0 spiro atoms. The van der Waals surface area contributed by atoms with Gasteiger partial charge in [0.15, 0.2) is 5.78 Å². The number of aryl methyl sites for hydroxylation is 1. The van der Waals surface area contributed by atoms with Crippen molar-refractivity contribution in [1.29, 1.82) is 5.26 Å². The highest BCUT2D eigenvalue weighted by Gasteiger charge is 2.10. The van der Waals surface area contributed by atoms with Crippen LogP contribution in [0.1, 0.15) is 34.4 Å². The van der Waals surface area contributed by atoms with Crippen molar-refractivity contribution in [3.05, 3.63) is 77.3 Å². The van der Waals surface area contributed by atoms with E-state index in [0.29, 0.717) is 28.5 Å². The number of H-pyrrole nitrogens is 1. The Kier molecular flexibility index (Phi) is 4.38. The normalized spacial score (nSPS) is 11.5. The van der Waals surface area contributed by atoms with Gasteiger partial charge in [-0.05, 0) is 43.7 Å². The van der Waals surface area contributed by atoms with Gasteiger partial charge < -0.3 is 9.40 Å². The molecule has 4 rings (SSSR count). The average molecular weight is 367 g/mol. The molecule has 0 unspecified atom stereocenters. The van der Waals surface area contributed by atoms with Crippen LogP contribution >= 0.6 is 0 Å². The molecule has 2 heterocycles. The molecule has 0 fully saturated rings. The number of furan rings is 1. The van der Waals surface area contributed by atoms with Crippen LogP contribution in [0.15, 0.2) is 59.0 Å². The lowest BCUT2D eigenvalue weighted by atomic mass is 10.1. The van der Waals surface area contributed by atoms with Crippen LogP contribution in [0.5, 0.6) is 0 Å². The molecule has 0 saturated heterocycles. The van der Waals surface area contributed by atoms with Crippen LogP contribution in [0.25, 0.3) is 34.0 Å². The quantitative estimate of drug-likeness (QED) is 0.387. The van der Waals surface area contributed by atoms with Crippen molar-refractivity contribution in [1.82, 2.24) is 9.97 Å². The molecule has 136 valence electrons. The Morgan fingerprint density at radius 1 is 1.14 bits per heavy atom. The minimum Gasteiger partial charge on any atom is -0.457 e. The van der Waals surface area contributed by atoms with E-state index in [0.717, 1.165) is 22.2 Å². The van der Waals surface area contributed by atoms with Gasteiger partial charge >= 0.3 is 0 Å². The molecule has 0 aliphatic heterocycles. The van der Waals surface area contributed by atoms with Gasteiger partial charge in [-0.2, -0.15) is 5.26 Å². The summed E-state index contributed by atoms with van der Waals surface area (Å²) in [6.07, 6.45) is 1.66. The number of ketones is 1. The number of carbonyl (C=O) groups is 1. The lowest BCUT2D eigenvalue weighted by Gasteiger charge is -1.99. The molecule has 0 atom stereocenters. The van der Waals surface area contributed by atoms with E-state index in [4.69, 9.17) is 4.42 Å². The first-order valence-corrected chi connectivity index (χ1v) is 8.83. The number of nitrogens with one attached hydrogen (secondary N) is 1. The summed E-state index contributed by atoms with van der Waals surface area (Å²) in [7, 11) is 0. The number of nitriles is 1. The van der Waals surface area contributed by atoms with Crippen molar-refractivity contribution in [2.24, 2.45) is 0 Å². The summed E-state index contributed by atoms with van der Waals surface area (Å²) in [5.74, 6) is 1.75. The summed E-state index contributed by atoms with van der Waals surface area (Å²) in [5.41, 5.74) is 4.73. The van der Waals surface area contributed by atoms with Gasteiger partial charge in [0.1, 0.15) is 23.4 Å². The number of hydrogen-bond acceptors (Lipinski definition) is 4. The van der Waals surface area contributed by atoms with Crippen LogP contribution in [0.2, 0.25) is 0 Å². The summed E-state index contributed by atoms with van der Waals surface area (Å²) < 4.78 is 5.86. The summed E-state index contributed by atoms with van der Waals surface area (Å²) in [6, 6.07) is 19.0. The topological polar surface area (TPSA) is 82.7 Å². The van der Waals surface area contributed by atoms with Crippen molar-refractivity contribution < 1.29 is 9.21 Å². The van der Waals surface area contributed by atoms with Crippen LogP contribution < -0.4 is 0 Å². The number of hydrogen-bond donors (Lipinski definition) is 1. The number of benzene rings is 2. The van der Waals surface area contributed by atoms with Gasteiger partial charge in [0.05, 0.1) is 16.6 Å². The Bertz CT molecular complexity index is 1250. The number of imidazole rings is 1. The predicted octanol–water partition coefficient (Wildman–Crippen LogP) is 5.40. The molecule has 28 heavy (non-hydrogen) atoms. The Hall–Kier alpha value is -3.91. The zero-order valence-corrected chi connectivity index (χ0v) is 15.5. The summed E-state index contributed by atoms with van der Waals surface area (Å²) in [6.45, 7) is 3.54. The molecular formula is C23H17N3O2. The number of carbonyl (C=O) groups excluding carboxylic acids is 1. The first-order chi connectivity index (χ1) is 13.5. The second kappa shape index (κ2) is 7.01. The van der Waals surface area contributed by atoms with Crippen LogP contribution in [0.4, 0.5) is 0 Å². The molecule has 0 aliphatic carbocycles. The van der Waals surface area contributed by atoms with Gasteiger partial charge in [-0.15, -0.1) is 0 Å². The fourth-order valence-electron chi connectivity index (χ4n) is 3.00. The van der Waals surface area contributed by atoms with Crippen molar-refractivity contribution in [2.45, 2.75) is 13.8 Å². The fraction of sp³-hybridized carbons (Fsp3) is 0.0870. The van der Waals surface area contributed by atoms with E-state index in [9.17, 15) is 10.1 Å². The molecule has 1 N–H and O–H groups in total. The Morgan fingerprint density at radius 2 is 1.93 bits per heavy atom. The highest BCUT2D eigenvalue weighted by atomic mass is 16.3. The first kappa shape index (κ1) is 17.5. The zero-order valence-electron chi connectivity index (χ0n) is 15.5. The standard InChI is InChI=1S/C23H17N3O2/c1-14-3-9-20-21(11-14)26-23(25-20)18(13-24)12-19-8-10-22(28-19)17-6-4-16(5-7-17)15(2)27/h3-12H,1-2H3,(H,25,26)/b18-12-. The van der Waals surface area contributed by atoms with Gasteiger partial charge in [0, 0.05) is 17.2 Å². The fourth-order valence-corrected chi connectivity index (χ4v) is 3.00. The van der Waals surface area contributed by atoms with Gasteiger partial charge in [-0.25, -0.2) is 4.98 Å². The minimum absolute atomic E-state index is 0.0225. The molecule has 0 saturated carbocycles. The molecule has 2 aromatic heterocycles. The molecule has 0 aliphatic rings. The lowest BCUT2D eigenvalue weighted by Crippen LogP contribution is -1.90. The highest BCUT2D eigenvalue weighted by molar-refractivity contribution is 5.94. The SMILES string of the molecule is CC(=O)c1ccc(-c2ccc(/C=C(/C#N)c3nc4ccc(C)cc4[nH]3)o2)cc1. The van der Waals surface area contributed by atoms with E-state index in [1.165, 1.54) is 6.92 Å². The van der Waals surface area contributed by atoms with Crippen LogP contribution in [-0.4, -0.2) is 15.8 Å². The summed E-state index contributed by atoms with van der Waals surface area (Å²) >= 11 is 0. The molecule has 4 aromatic rings. The maximum absolute atomic E-state index is 11.4. The number of aromatic amines is 1. The van der Waals surface area contributed by atoms with E-state index >= 15 is 0 Å². The third kappa shape index (κ3) is 3.36. The van der Waals surface area contributed by atoms with E-state index in [-0.39, 0.29) is 5.78 Å². The molecule has 0 radical (unpaired) electrons. The maximum atomic E-state index is 11.4. The number of fused-ring (bicyclic) bond motifs is 1. The third-order valence-corrected chi connectivity index (χ3v) is 4.50. The van der Waals surface area contributed by atoms with Gasteiger partial charge in [-0.3, -0.25) is 4.79 Å². The number of allylic oxidation sites excluding steroid dienone is 1. The van der Waals surface area contributed by atoms with Gasteiger partial charge in [-0.1, -0.05) is 30.3 Å². The number of aromatic nitrogens is 2. The average Bonchev–Trinajstić information content (AvgIpc) is 3.32. The molecule has 0 bridgehead atoms. The maximum Gasteiger partial charge on any atom is 0.159 e. The molecular weight excluding hydrogens is 350 g/mol. The molecule has 5 nitrogen and oxygen atoms in total. The number of rotatable bonds is 4. The minimum atomic E-state index is 0.0225. The Balaban J connectivity index is 1.65. The van der Waals surface area contributed by atoms with E-state index < -0.39 is 0 Å². The van der Waals surface area contributed by atoms with Crippen molar-refractivity contribution in [3.63, 3.8) is 0 Å². The van der Waals surface area contributed by atoms with Crippen LogP contribution in [0, 0.1) is 18.3 Å². The smallest absolute Gasteiger partial charge is 0.159 e. The second-order valence-electron chi connectivity index (χ2n) is 6.61. The van der Waals surface area contributed by atoms with Crippen molar-refractivity contribution >= 4 is 28.5 Å². The zero-order chi connectivity index (χ0) is 19.7. The first-order valence-electron chi connectivity index (χ1n) is 8.83. The predicted molar refractivity (Wildman–Crippen MR) is 108 cm³/mol. The van der Waals surface area contributed by atoms with Crippen molar-refractivity contribution in [2.75, 3.05) is 0 Å². The van der Waals surface area contributed by atoms with Gasteiger partial charge in [0.25, 0.3) is 0 Å². The Labute approximate surface area is 162 Å². The lowest BCUT2D eigenvalue weighted by molar-refractivity contribution is 0.101. The molecule has 5 heteroatoms. The van der Waals surface area contributed by atoms with E-state index in [1.807, 2.05) is 43.3 Å². The summed E-state index contributed by atoms with van der Waals surface area (Å²) in [4.78, 5) is 19.1. The van der Waals surface area contributed by atoms with E-state index in [1.54, 1.807) is 24.3 Å². The number of Topliss-reactive ketones (excluding diaryl/α,β-unsaturated/α-hetero) is 1. The number of nitrogens with zero attached hydrogens (tertiary/aromatic N) is 2. The summed E-state index contributed by atoms with van der Waals surface area (Å²) in [5, 5.41) is 9.57. The molecule has 2 aromatic carbocycles. The van der Waals surface area contributed by atoms with Gasteiger partial charge in [0.2, 0.25) is 0 Å². The largest absolute Gasteiger partial charge is 0.457 e. The van der Waals surface area contributed by atoms with Crippen LogP contribution in [-0.2, 0) is 0 Å². The second-order valence-corrected chi connectivity index (χ2v) is 6.61. The highest BCUT2D eigenvalue weighted by Crippen LogP contribution is 2.26. The molecule has 0 amide bonds. The monoisotopic (exact) mass is 367 g/mol. The van der Waals surface area contributed by atoms with Crippen molar-refractivity contribution in [3.8, 4) is 17.4 Å². The third-order valence-electron chi connectivity index (χ3n) is 4.50. The van der Waals surface area contributed by atoms with Crippen LogP contribution in [0.3, 0.4) is 0 Å². The Morgan fingerprint density at radius 3 is 2.64 bits per heavy atom.